The van der Waals surface area contributed by atoms with Gasteiger partial charge in [0.2, 0.25) is 0 Å². The second-order valence-corrected chi connectivity index (χ2v) is 3.61. The van der Waals surface area contributed by atoms with Crippen molar-refractivity contribution in [3.05, 3.63) is 47.7 Å². The van der Waals surface area contributed by atoms with E-state index in [-0.39, 0.29) is 6.61 Å². The minimum absolute atomic E-state index is 0.216. The summed E-state index contributed by atoms with van der Waals surface area (Å²) in [6.07, 6.45) is 2.38. The third kappa shape index (κ3) is 2.70. The van der Waals surface area contributed by atoms with Crippen LogP contribution in [0.1, 0.15) is 19.4 Å². The van der Waals surface area contributed by atoms with Crippen LogP contribution in [0.15, 0.2) is 42.2 Å². The van der Waals surface area contributed by atoms with Crippen molar-refractivity contribution in [2.45, 2.75) is 19.4 Å². The van der Waals surface area contributed by atoms with Gasteiger partial charge in [-0.3, -0.25) is 4.79 Å². The molecule has 1 N–H and O–H groups in total. The predicted octanol–water partition coefficient (Wildman–Crippen LogP) is 2.01. The predicted molar refractivity (Wildman–Crippen MR) is 61.8 cm³/mol. The third-order valence-corrected chi connectivity index (χ3v) is 2.39. The van der Waals surface area contributed by atoms with Crippen molar-refractivity contribution in [3.63, 3.8) is 0 Å². The molecule has 1 rings (SSSR count). The summed E-state index contributed by atoms with van der Waals surface area (Å²) in [6.45, 7) is 3.21. The van der Waals surface area contributed by atoms with Crippen molar-refractivity contribution >= 4 is 6.29 Å². The van der Waals surface area contributed by atoms with Crippen molar-refractivity contribution < 1.29 is 14.6 Å². The zero-order chi connectivity index (χ0) is 12.0. The van der Waals surface area contributed by atoms with E-state index in [2.05, 4.69) is 0 Å². The summed E-state index contributed by atoms with van der Waals surface area (Å²) in [6, 6.07) is 9.19. The Kier molecular flexibility index (Phi) is 4.26. The molecule has 0 aliphatic carbocycles. The first-order chi connectivity index (χ1) is 7.66. The molecule has 0 aromatic heterocycles. The molecule has 0 saturated heterocycles. The summed E-state index contributed by atoms with van der Waals surface area (Å²) in [5.74, 6) is 0.387. The topological polar surface area (TPSA) is 46.5 Å². The van der Waals surface area contributed by atoms with Gasteiger partial charge in [0.1, 0.15) is 12.4 Å². The number of allylic oxidation sites excluding steroid dienone is 1. The Bertz CT molecular complexity index is 370. The van der Waals surface area contributed by atoms with Crippen LogP contribution in [0.5, 0.6) is 0 Å². The lowest BCUT2D eigenvalue weighted by Gasteiger charge is -2.26. The van der Waals surface area contributed by atoms with Gasteiger partial charge >= 0.3 is 0 Å². The molecule has 0 spiro atoms. The molecule has 86 valence electrons. The molecule has 0 saturated carbocycles. The molecule has 0 radical (unpaired) electrons. The van der Waals surface area contributed by atoms with E-state index in [0.717, 1.165) is 11.8 Å². The highest BCUT2D eigenvalue weighted by Crippen LogP contribution is 2.25. The van der Waals surface area contributed by atoms with Crippen LogP contribution in [-0.4, -0.2) is 18.0 Å². The molecule has 1 unspecified atom stereocenters. The smallest absolute Gasteiger partial charge is 0.185 e. The van der Waals surface area contributed by atoms with Gasteiger partial charge in [-0.25, -0.2) is 0 Å². The fourth-order valence-corrected chi connectivity index (χ4v) is 1.37. The Morgan fingerprint density at radius 2 is 2.06 bits per heavy atom. The first kappa shape index (κ1) is 12.5. The zero-order valence-corrected chi connectivity index (χ0v) is 9.51. The molecule has 0 fully saturated rings. The van der Waals surface area contributed by atoms with Gasteiger partial charge in [0.25, 0.3) is 0 Å². The van der Waals surface area contributed by atoms with Gasteiger partial charge in [-0.05, 0) is 19.9 Å². The number of aliphatic hydroxyl groups is 1. The van der Waals surface area contributed by atoms with Crippen molar-refractivity contribution in [1.82, 2.24) is 0 Å². The molecular formula is C13H16O3. The fourth-order valence-electron chi connectivity index (χ4n) is 1.37. The average molecular weight is 220 g/mol. The van der Waals surface area contributed by atoms with Gasteiger partial charge in [-0.1, -0.05) is 30.3 Å². The van der Waals surface area contributed by atoms with Crippen LogP contribution in [0, 0.1) is 0 Å². The molecule has 0 bridgehead atoms. The Morgan fingerprint density at radius 3 is 2.50 bits per heavy atom. The molecule has 16 heavy (non-hydrogen) atoms. The average Bonchev–Trinajstić information content (AvgIpc) is 2.36. The first-order valence-electron chi connectivity index (χ1n) is 5.13. The summed E-state index contributed by atoms with van der Waals surface area (Å²) in [5.41, 5.74) is -0.288. The van der Waals surface area contributed by atoms with Crippen LogP contribution in [0.2, 0.25) is 0 Å². The SMILES string of the molecule is CC=C(CO)OC(C)(C=O)c1ccccc1. The monoisotopic (exact) mass is 220 g/mol. The number of hydrogen-bond donors (Lipinski definition) is 1. The van der Waals surface area contributed by atoms with E-state index >= 15 is 0 Å². The number of hydrogen-bond acceptors (Lipinski definition) is 3. The lowest BCUT2D eigenvalue weighted by Crippen LogP contribution is -2.28. The molecule has 1 aromatic rings. The highest BCUT2D eigenvalue weighted by atomic mass is 16.5. The summed E-state index contributed by atoms with van der Waals surface area (Å²) < 4.78 is 5.51. The minimum Gasteiger partial charge on any atom is -0.478 e. The van der Waals surface area contributed by atoms with Crippen molar-refractivity contribution in [3.8, 4) is 0 Å². The molecular weight excluding hydrogens is 204 g/mol. The number of aldehydes is 1. The van der Waals surface area contributed by atoms with Crippen LogP contribution in [0.25, 0.3) is 0 Å². The van der Waals surface area contributed by atoms with Gasteiger partial charge < -0.3 is 9.84 Å². The number of carbonyl (C=O) groups excluding carboxylic acids is 1. The summed E-state index contributed by atoms with van der Waals surface area (Å²) in [5, 5.41) is 9.02. The normalized spacial score (nSPS) is 15.3. The number of ether oxygens (including phenoxy) is 1. The fraction of sp³-hybridized carbons (Fsp3) is 0.308. The second-order valence-electron chi connectivity index (χ2n) is 3.61. The molecule has 0 aliphatic rings. The Hall–Kier alpha value is -1.61. The maximum atomic E-state index is 11.2. The summed E-state index contributed by atoms with van der Waals surface area (Å²) >= 11 is 0. The highest BCUT2D eigenvalue weighted by molar-refractivity contribution is 5.65. The van der Waals surface area contributed by atoms with Gasteiger partial charge in [-0.15, -0.1) is 0 Å². The van der Waals surface area contributed by atoms with E-state index in [1.54, 1.807) is 19.9 Å². The van der Waals surface area contributed by atoms with Gasteiger partial charge in [0, 0.05) is 5.56 Å². The van der Waals surface area contributed by atoms with E-state index in [1.165, 1.54) is 0 Å². The molecule has 0 heterocycles. The van der Waals surface area contributed by atoms with Gasteiger partial charge in [-0.2, -0.15) is 0 Å². The van der Waals surface area contributed by atoms with Crippen molar-refractivity contribution in [2.75, 3.05) is 6.61 Å². The molecule has 0 amide bonds. The minimum atomic E-state index is -1.05. The van der Waals surface area contributed by atoms with E-state index < -0.39 is 5.60 Å². The molecule has 0 aliphatic heterocycles. The lowest BCUT2D eigenvalue weighted by atomic mass is 9.97. The van der Waals surface area contributed by atoms with Crippen LogP contribution in [0.3, 0.4) is 0 Å². The highest BCUT2D eigenvalue weighted by Gasteiger charge is 2.28. The van der Waals surface area contributed by atoms with E-state index in [1.807, 2.05) is 30.3 Å². The van der Waals surface area contributed by atoms with Crippen LogP contribution >= 0.6 is 0 Å². The van der Waals surface area contributed by atoms with Crippen LogP contribution < -0.4 is 0 Å². The summed E-state index contributed by atoms with van der Waals surface area (Å²) in [4.78, 5) is 11.2. The number of carbonyl (C=O) groups is 1. The molecule has 3 heteroatoms. The molecule has 3 nitrogen and oxygen atoms in total. The van der Waals surface area contributed by atoms with Crippen molar-refractivity contribution in [1.29, 1.82) is 0 Å². The maximum absolute atomic E-state index is 11.2. The van der Waals surface area contributed by atoms with E-state index in [0.29, 0.717) is 5.76 Å². The van der Waals surface area contributed by atoms with Crippen LogP contribution in [0.4, 0.5) is 0 Å². The van der Waals surface area contributed by atoms with Crippen LogP contribution in [-0.2, 0) is 15.1 Å². The van der Waals surface area contributed by atoms with E-state index in [9.17, 15) is 4.79 Å². The largest absolute Gasteiger partial charge is 0.478 e. The number of rotatable bonds is 5. The van der Waals surface area contributed by atoms with Gasteiger partial charge in [0.15, 0.2) is 11.9 Å². The quantitative estimate of drug-likeness (QED) is 0.610. The Morgan fingerprint density at radius 1 is 1.44 bits per heavy atom. The maximum Gasteiger partial charge on any atom is 0.185 e. The number of benzene rings is 1. The molecule has 1 atom stereocenters. The summed E-state index contributed by atoms with van der Waals surface area (Å²) in [7, 11) is 0. The Labute approximate surface area is 95.4 Å². The van der Waals surface area contributed by atoms with E-state index in [4.69, 9.17) is 9.84 Å². The first-order valence-corrected chi connectivity index (χ1v) is 5.13. The Balaban J connectivity index is 2.99. The van der Waals surface area contributed by atoms with Gasteiger partial charge in [0.05, 0.1) is 0 Å². The molecule has 1 aromatic carbocycles. The second kappa shape index (κ2) is 5.47. The zero-order valence-electron chi connectivity index (χ0n) is 9.51. The number of aliphatic hydroxyl groups excluding tert-OH is 1. The lowest BCUT2D eigenvalue weighted by molar-refractivity contribution is -0.126. The third-order valence-electron chi connectivity index (χ3n) is 2.39. The standard InChI is InChI=1S/C13H16O3/c1-3-12(9-14)16-13(2,10-15)11-7-5-4-6-8-11/h3-8,10,14H,9H2,1-2H3. The van der Waals surface area contributed by atoms with Crippen molar-refractivity contribution in [2.24, 2.45) is 0 Å².